The molecular formula is C21H25N5O2S. The molecule has 8 heteroatoms. The van der Waals surface area contributed by atoms with Crippen molar-refractivity contribution in [2.45, 2.75) is 23.7 Å². The average Bonchev–Trinajstić information content (AvgIpc) is 2.72. The average molecular weight is 412 g/mol. The van der Waals surface area contributed by atoms with E-state index in [9.17, 15) is 8.42 Å². The summed E-state index contributed by atoms with van der Waals surface area (Å²) in [6, 6.07) is 16.8. The first-order valence-corrected chi connectivity index (χ1v) is 10.9. The molecule has 0 saturated heterocycles. The van der Waals surface area contributed by atoms with Crippen LogP contribution in [0.5, 0.6) is 0 Å². The third kappa shape index (κ3) is 5.52. The summed E-state index contributed by atoms with van der Waals surface area (Å²) in [4.78, 5) is 4.31. The van der Waals surface area contributed by atoms with Gasteiger partial charge in [0.2, 0.25) is 10.0 Å². The molecule has 3 aromatic rings. The molecule has 1 unspecified atom stereocenters. The summed E-state index contributed by atoms with van der Waals surface area (Å²) in [5, 5.41) is 11.5. The molecule has 7 nitrogen and oxygen atoms in total. The van der Waals surface area contributed by atoms with Crippen LogP contribution in [0.25, 0.3) is 10.8 Å². The number of rotatable bonds is 9. The summed E-state index contributed by atoms with van der Waals surface area (Å²) in [5.41, 5.74) is 6.49. The second-order valence-corrected chi connectivity index (χ2v) is 8.51. The summed E-state index contributed by atoms with van der Waals surface area (Å²) >= 11 is 0. The van der Waals surface area contributed by atoms with Crippen LogP contribution in [0.1, 0.15) is 24.3 Å². The third-order valence-electron chi connectivity index (χ3n) is 4.79. The number of aromatic nitrogens is 1. The van der Waals surface area contributed by atoms with Crippen LogP contribution >= 0.6 is 0 Å². The van der Waals surface area contributed by atoms with E-state index in [0.29, 0.717) is 24.9 Å². The van der Waals surface area contributed by atoms with Gasteiger partial charge in [0, 0.05) is 36.3 Å². The lowest BCUT2D eigenvalue weighted by atomic mass is 9.92. The van der Waals surface area contributed by atoms with Crippen LogP contribution < -0.4 is 15.8 Å². The largest absolute Gasteiger partial charge is 0.370 e. The maximum atomic E-state index is 12.9. The fourth-order valence-corrected chi connectivity index (χ4v) is 4.63. The van der Waals surface area contributed by atoms with Crippen molar-refractivity contribution in [2.24, 2.45) is 5.73 Å². The standard InChI is InChI=1S/C21H25N5O2S/c22-21(23)25-13-9-17(16-5-2-1-3-6-16)10-14-26-29(27,28)20-8-4-7-18-15-24-12-11-19(18)20/h1-8,11-12,15,17,26H,9-10,13-14H2,(H4,22,23,25). The summed E-state index contributed by atoms with van der Waals surface area (Å²) in [6.07, 6.45) is 4.62. The van der Waals surface area contributed by atoms with Gasteiger partial charge in [0.15, 0.2) is 5.96 Å². The SMILES string of the molecule is N=C(N)NCCC(CCNS(=O)(=O)c1cccc2cnccc12)c1ccccc1. The maximum absolute atomic E-state index is 12.9. The molecule has 0 aliphatic carbocycles. The minimum absolute atomic E-state index is 0.0667. The number of sulfonamides is 1. The van der Waals surface area contributed by atoms with Gasteiger partial charge >= 0.3 is 0 Å². The van der Waals surface area contributed by atoms with Crippen LogP contribution in [0.3, 0.4) is 0 Å². The Morgan fingerprint density at radius 2 is 1.79 bits per heavy atom. The van der Waals surface area contributed by atoms with E-state index in [4.69, 9.17) is 11.1 Å². The van der Waals surface area contributed by atoms with Gasteiger partial charge in [-0.05, 0) is 36.5 Å². The Balaban J connectivity index is 1.70. The van der Waals surface area contributed by atoms with Crippen molar-refractivity contribution in [3.05, 3.63) is 72.6 Å². The van der Waals surface area contributed by atoms with E-state index in [0.717, 1.165) is 17.4 Å². The number of nitrogens with one attached hydrogen (secondary N) is 3. The summed E-state index contributed by atoms with van der Waals surface area (Å²) < 4.78 is 28.5. The van der Waals surface area contributed by atoms with Crippen LogP contribution in [0.4, 0.5) is 0 Å². The zero-order chi connectivity index (χ0) is 20.7. The molecule has 29 heavy (non-hydrogen) atoms. The molecule has 0 bridgehead atoms. The number of nitrogens with two attached hydrogens (primary N) is 1. The molecule has 0 aliphatic heterocycles. The Labute approximate surface area is 170 Å². The Hall–Kier alpha value is -2.97. The third-order valence-corrected chi connectivity index (χ3v) is 6.31. The normalized spacial score (nSPS) is 12.6. The van der Waals surface area contributed by atoms with E-state index >= 15 is 0 Å². The fourth-order valence-electron chi connectivity index (χ4n) is 3.36. The molecule has 152 valence electrons. The Morgan fingerprint density at radius 3 is 2.55 bits per heavy atom. The zero-order valence-corrected chi connectivity index (χ0v) is 16.8. The van der Waals surface area contributed by atoms with Crippen molar-refractivity contribution in [3.8, 4) is 0 Å². The first-order valence-electron chi connectivity index (χ1n) is 9.42. The first-order chi connectivity index (χ1) is 14.0. The minimum atomic E-state index is -3.65. The van der Waals surface area contributed by atoms with Crippen molar-refractivity contribution in [2.75, 3.05) is 13.1 Å². The van der Waals surface area contributed by atoms with Gasteiger partial charge in [-0.15, -0.1) is 0 Å². The fraction of sp³-hybridized carbons (Fsp3) is 0.238. The highest BCUT2D eigenvalue weighted by molar-refractivity contribution is 7.89. The van der Waals surface area contributed by atoms with Crippen LogP contribution in [0.15, 0.2) is 71.9 Å². The topological polar surface area (TPSA) is 121 Å². The van der Waals surface area contributed by atoms with Crippen LogP contribution in [-0.4, -0.2) is 32.5 Å². The molecular weight excluding hydrogens is 386 g/mol. The Kier molecular flexibility index (Phi) is 6.79. The van der Waals surface area contributed by atoms with Gasteiger partial charge in [-0.3, -0.25) is 10.4 Å². The van der Waals surface area contributed by atoms with Gasteiger partial charge in [-0.25, -0.2) is 13.1 Å². The van der Waals surface area contributed by atoms with Gasteiger partial charge in [-0.2, -0.15) is 0 Å². The quantitative estimate of drug-likeness (QED) is 0.318. The molecule has 0 aliphatic rings. The lowest BCUT2D eigenvalue weighted by Crippen LogP contribution is -2.32. The molecule has 0 spiro atoms. The van der Waals surface area contributed by atoms with Crippen molar-refractivity contribution in [3.63, 3.8) is 0 Å². The lowest BCUT2D eigenvalue weighted by molar-refractivity contribution is 0.547. The number of fused-ring (bicyclic) bond motifs is 1. The van der Waals surface area contributed by atoms with E-state index in [2.05, 4.69) is 15.0 Å². The van der Waals surface area contributed by atoms with Gasteiger partial charge in [0.1, 0.15) is 0 Å². The van der Waals surface area contributed by atoms with Crippen molar-refractivity contribution in [1.29, 1.82) is 5.41 Å². The van der Waals surface area contributed by atoms with E-state index in [1.54, 1.807) is 30.6 Å². The highest BCUT2D eigenvalue weighted by Gasteiger charge is 2.18. The number of pyridine rings is 1. The van der Waals surface area contributed by atoms with Crippen LogP contribution in [0, 0.1) is 5.41 Å². The summed E-state index contributed by atoms with van der Waals surface area (Å²) in [7, 11) is -3.65. The van der Waals surface area contributed by atoms with E-state index < -0.39 is 10.0 Å². The van der Waals surface area contributed by atoms with Crippen LogP contribution in [0.2, 0.25) is 0 Å². The monoisotopic (exact) mass is 411 g/mol. The Bertz CT molecular complexity index is 1070. The molecule has 0 radical (unpaired) electrons. The molecule has 3 rings (SSSR count). The molecule has 2 aromatic carbocycles. The minimum Gasteiger partial charge on any atom is -0.370 e. The molecule has 1 heterocycles. The van der Waals surface area contributed by atoms with E-state index in [-0.39, 0.29) is 16.8 Å². The van der Waals surface area contributed by atoms with Crippen molar-refractivity contribution in [1.82, 2.24) is 15.0 Å². The second kappa shape index (κ2) is 9.49. The van der Waals surface area contributed by atoms with Gasteiger partial charge in [-0.1, -0.05) is 42.5 Å². The smallest absolute Gasteiger partial charge is 0.241 e. The number of hydrogen-bond acceptors (Lipinski definition) is 4. The molecule has 5 N–H and O–H groups in total. The molecule has 0 saturated carbocycles. The second-order valence-electron chi connectivity index (χ2n) is 6.78. The maximum Gasteiger partial charge on any atom is 0.241 e. The lowest BCUT2D eigenvalue weighted by Gasteiger charge is -2.18. The predicted molar refractivity (Wildman–Crippen MR) is 115 cm³/mol. The van der Waals surface area contributed by atoms with E-state index in [1.165, 1.54) is 0 Å². The zero-order valence-electron chi connectivity index (χ0n) is 16.0. The molecule has 0 amide bonds. The highest BCUT2D eigenvalue weighted by Crippen LogP contribution is 2.24. The van der Waals surface area contributed by atoms with Gasteiger partial charge in [0.05, 0.1) is 4.90 Å². The number of hydrogen-bond donors (Lipinski definition) is 4. The summed E-state index contributed by atoms with van der Waals surface area (Å²) in [6.45, 7) is 0.863. The molecule has 1 atom stereocenters. The number of nitrogens with zero attached hydrogens (tertiary/aromatic N) is 1. The number of benzene rings is 2. The van der Waals surface area contributed by atoms with Gasteiger partial charge in [0.25, 0.3) is 0 Å². The van der Waals surface area contributed by atoms with Crippen molar-refractivity contribution < 1.29 is 8.42 Å². The first kappa shape index (κ1) is 20.8. The molecule has 0 fully saturated rings. The summed E-state index contributed by atoms with van der Waals surface area (Å²) in [5.74, 6) is 0.0745. The molecule has 1 aromatic heterocycles. The van der Waals surface area contributed by atoms with Gasteiger partial charge < -0.3 is 11.1 Å². The van der Waals surface area contributed by atoms with Crippen molar-refractivity contribution >= 4 is 26.8 Å². The van der Waals surface area contributed by atoms with Crippen LogP contribution in [-0.2, 0) is 10.0 Å². The Morgan fingerprint density at radius 1 is 1.03 bits per heavy atom. The number of guanidine groups is 1. The predicted octanol–water partition coefficient (Wildman–Crippen LogP) is 2.56. The van der Waals surface area contributed by atoms with E-state index in [1.807, 2.05) is 36.4 Å². The highest BCUT2D eigenvalue weighted by atomic mass is 32.2.